The molecule has 0 atom stereocenters. The molecular formula is C16H33N3O4. The standard InChI is InChI=1S/C16H33N3O4/c1-8-9-10-17-13(20)16(5,6)11-19(7)22-12-18-14(21)23-15(2,3)4/h8-12H2,1-7H3,(H,17,20)(H,18,21). The van der Waals surface area contributed by atoms with E-state index in [1.807, 2.05) is 13.8 Å². The Balaban J connectivity index is 4.10. The minimum atomic E-state index is -0.589. The Morgan fingerprint density at radius 1 is 1.09 bits per heavy atom. The summed E-state index contributed by atoms with van der Waals surface area (Å²) >= 11 is 0. The number of nitrogens with zero attached hydrogens (tertiary/aromatic N) is 1. The molecule has 0 bridgehead atoms. The average molecular weight is 331 g/mol. The van der Waals surface area contributed by atoms with Gasteiger partial charge < -0.3 is 10.1 Å². The first kappa shape index (κ1) is 21.7. The van der Waals surface area contributed by atoms with E-state index in [1.165, 1.54) is 5.06 Å². The van der Waals surface area contributed by atoms with E-state index in [2.05, 4.69) is 17.6 Å². The Hall–Kier alpha value is -1.34. The monoisotopic (exact) mass is 331 g/mol. The molecule has 23 heavy (non-hydrogen) atoms. The Morgan fingerprint density at radius 2 is 1.70 bits per heavy atom. The second-order valence-corrected chi connectivity index (χ2v) is 7.23. The van der Waals surface area contributed by atoms with Gasteiger partial charge in [0.15, 0.2) is 0 Å². The predicted octanol–water partition coefficient (Wildman–Crippen LogP) is 2.27. The highest BCUT2D eigenvalue weighted by molar-refractivity contribution is 5.81. The molecule has 0 rings (SSSR count). The van der Waals surface area contributed by atoms with Crippen LogP contribution in [0.4, 0.5) is 4.79 Å². The van der Waals surface area contributed by atoms with Crippen molar-refractivity contribution < 1.29 is 19.2 Å². The lowest BCUT2D eigenvalue weighted by Gasteiger charge is -2.28. The third-order valence-corrected chi connectivity index (χ3v) is 2.95. The molecule has 0 saturated heterocycles. The summed E-state index contributed by atoms with van der Waals surface area (Å²) in [5, 5.41) is 6.96. The number of hydroxylamine groups is 2. The number of rotatable bonds is 9. The van der Waals surface area contributed by atoms with Crippen molar-refractivity contribution in [3.63, 3.8) is 0 Å². The first-order chi connectivity index (χ1) is 10.5. The maximum atomic E-state index is 12.1. The van der Waals surface area contributed by atoms with Crippen LogP contribution >= 0.6 is 0 Å². The van der Waals surface area contributed by atoms with Gasteiger partial charge in [0.05, 0.1) is 5.41 Å². The van der Waals surface area contributed by atoms with Crippen LogP contribution in [0.15, 0.2) is 0 Å². The fourth-order valence-corrected chi connectivity index (χ4v) is 1.81. The van der Waals surface area contributed by atoms with Crippen molar-refractivity contribution in [3.05, 3.63) is 0 Å². The van der Waals surface area contributed by atoms with Gasteiger partial charge in [-0.05, 0) is 41.0 Å². The predicted molar refractivity (Wildman–Crippen MR) is 89.7 cm³/mol. The van der Waals surface area contributed by atoms with Crippen LogP contribution in [0.2, 0.25) is 0 Å². The summed E-state index contributed by atoms with van der Waals surface area (Å²) in [5.74, 6) is -0.0125. The molecule has 0 aromatic rings. The number of ether oxygens (including phenoxy) is 1. The van der Waals surface area contributed by atoms with E-state index in [-0.39, 0.29) is 12.6 Å². The van der Waals surface area contributed by atoms with Crippen LogP contribution in [-0.4, -0.2) is 49.5 Å². The van der Waals surface area contributed by atoms with E-state index < -0.39 is 17.1 Å². The van der Waals surface area contributed by atoms with Crippen molar-refractivity contribution in [1.29, 1.82) is 0 Å². The molecule has 0 aliphatic carbocycles. The Morgan fingerprint density at radius 3 is 2.22 bits per heavy atom. The zero-order chi connectivity index (χ0) is 18.1. The maximum Gasteiger partial charge on any atom is 0.409 e. The number of hydrogen-bond acceptors (Lipinski definition) is 5. The smallest absolute Gasteiger partial charge is 0.409 e. The van der Waals surface area contributed by atoms with Gasteiger partial charge in [0, 0.05) is 20.1 Å². The summed E-state index contributed by atoms with van der Waals surface area (Å²) in [7, 11) is 1.72. The largest absolute Gasteiger partial charge is 0.444 e. The molecule has 136 valence electrons. The minimum Gasteiger partial charge on any atom is -0.444 e. The Labute approximate surface area is 140 Å². The number of hydrogen-bond donors (Lipinski definition) is 2. The summed E-state index contributed by atoms with van der Waals surface area (Å²) < 4.78 is 5.10. The number of carbonyl (C=O) groups excluding carboxylic acids is 2. The third kappa shape index (κ3) is 10.9. The highest BCUT2D eigenvalue weighted by Crippen LogP contribution is 2.16. The second-order valence-electron chi connectivity index (χ2n) is 7.23. The molecule has 0 aromatic heterocycles. The van der Waals surface area contributed by atoms with Crippen LogP contribution < -0.4 is 10.6 Å². The van der Waals surface area contributed by atoms with Crippen molar-refractivity contribution in [2.45, 2.75) is 60.0 Å². The molecule has 0 aliphatic heterocycles. The molecule has 7 nitrogen and oxygen atoms in total. The minimum absolute atomic E-state index is 0.0125. The molecule has 0 spiro atoms. The molecule has 2 amide bonds. The summed E-state index contributed by atoms with van der Waals surface area (Å²) in [5.41, 5.74) is -1.14. The second kappa shape index (κ2) is 9.72. The normalized spacial score (nSPS) is 12.2. The van der Waals surface area contributed by atoms with Crippen LogP contribution in [0.1, 0.15) is 54.4 Å². The Bertz CT molecular complexity index is 378. The summed E-state index contributed by atoms with van der Waals surface area (Å²) in [4.78, 5) is 29.0. The van der Waals surface area contributed by atoms with Crippen LogP contribution in [0.5, 0.6) is 0 Å². The molecule has 0 heterocycles. The van der Waals surface area contributed by atoms with Crippen LogP contribution in [0, 0.1) is 5.41 Å². The van der Waals surface area contributed by atoms with Gasteiger partial charge in [-0.3, -0.25) is 14.9 Å². The Kier molecular flexibility index (Phi) is 9.16. The van der Waals surface area contributed by atoms with Crippen LogP contribution in [0.25, 0.3) is 0 Å². The number of alkyl carbamates (subject to hydrolysis) is 1. The van der Waals surface area contributed by atoms with Crippen molar-refractivity contribution in [2.24, 2.45) is 5.41 Å². The fourth-order valence-electron chi connectivity index (χ4n) is 1.81. The van der Waals surface area contributed by atoms with Gasteiger partial charge >= 0.3 is 6.09 Å². The number of amides is 2. The topological polar surface area (TPSA) is 79.9 Å². The van der Waals surface area contributed by atoms with Crippen molar-refractivity contribution in [1.82, 2.24) is 15.7 Å². The first-order valence-electron chi connectivity index (χ1n) is 8.07. The lowest BCUT2D eigenvalue weighted by molar-refractivity contribution is -0.167. The third-order valence-electron chi connectivity index (χ3n) is 2.95. The van der Waals surface area contributed by atoms with Gasteiger partial charge in [-0.15, -0.1) is 0 Å². The molecule has 0 unspecified atom stereocenters. The first-order valence-corrected chi connectivity index (χ1v) is 8.07. The van der Waals surface area contributed by atoms with Gasteiger partial charge in [0.25, 0.3) is 0 Å². The maximum absolute atomic E-state index is 12.1. The molecule has 0 fully saturated rings. The van der Waals surface area contributed by atoms with Gasteiger partial charge in [-0.2, -0.15) is 5.06 Å². The van der Waals surface area contributed by atoms with Gasteiger partial charge in [-0.25, -0.2) is 4.79 Å². The number of carbonyl (C=O) groups is 2. The van der Waals surface area contributed by atoms with E-state index in [9.17, 15) is 9.59 Å². The average Bonchev–Trinajstić information content (AvgIpc) is 2.35. The lowest BCUT2D eigenvalue weighted by atomic mass is 9.92. The quantitative estimate of drug-likeness (QED) is 0.385. The molecular weight excluding hydrogens is 298 g/mol. The van der Waals surface area contributed by atoms with E-state index in [1.54, 1.807) is 27.8 Å². The van der Waals surface area contributed by atoms with Gasteiger partial charge in [0.2, 0.25) is 5.91 Å². The number of unbranched alkanes of at least 4 members (excludes halogenated alkanes) is 1. The van der Waals surface area contributed by atoms with Gasteiger partial charge in [0.1, 0.15) is 12.3 Å². The molecule has 0 aliphatic rings. The van der Waals surface area contributed by atoms with E-state index >= 15 is 0 Å². The highest BCUT2D eigenvalue weighted by Gasteiger charge is 2.29. The summed E-state index contributed by atoms with van der Waals surface area (Å²) in [6.07, 6.45) is 1.47. The molecule has 2 N–H and O–H groups in total. The molecule has 7 heteroatoms. The SMILES string of the molecule is CCCCNC(=O)C(C)(C)CN(C)OCNC(=O)OC(C)(C)C. The van der Waals surface area contributed by atoms with Crippen LogP contribution in [-0.2, 0) is 14.4 Å². The van der Waals surface area contributed by atoms with Crippen molar-refractivity contribution in [3.8, 4) is 0 Å². The van der Waals surface area contributed by atoms with Crippen molar-refractivity contribution in [2.75, 3.05) is 26.9 Å². The molecule has 0 radical (unpaired) electrons. The molecule has 0 aromatic carbocycles. The van der Waals surface area contributed by atoms with Crippen molar-refractivity contribution >= 4 is 12.0 Å². The zero-order valence-electron chi connectivity index (χ0n) is 15.6. The lowest BCUT2D eigenvalue weighted by Crippen LogP contribution is -2.45. The highest BCUT2D eigenvalue weighted by atomic mass is 16.7. The van der Waals surface area contributed by atoms with Gasteiger partial charge in [-0.1, -0.05) is 13.3 Å². The molecule has 0 saturated carbocycles. The summed E-state index contributed by atoms with van der Waals surface area (Å²) in [6, 6.07) is 0. The number of nitrogens with one attached hydrogen (secondary N) is 2. The zero-order valence-corrected chi connectivity index (χ0v) is 15.6. The van der Waals surface area contributed by atoms with E-state index in [0.29, 0.717) is 13.1 Å². The van der Waals surface area contributed by atoms with Crippen LogP contribution in [0.3, 0.4) is 0 Å². The summed E-state index contributed by atoms with van der Waals surface area (Å²) in [6.45, 7) is 12.2. The van der Waals surface area contributed by atoms with E-state index in [4.69, 9.17) is 9.57 Å². The van der Waals surface area contributed by atoms with E-state index in [0.717, 1.165) is 12.8 Å². The fraction of sp³-hybridized carbons (Fsp3) is 0.875.